The molecule has 0 saturated heterocycles. The van der Waals surface area contributed by atoms with Gasteiger partial charge in [-0.3, -0.25) is 4.40 Å². The van der Waals surface area contributed by atoms with Crippen LogP contribution in [-0.4, -0.2) is 14.0 Å². The molecule has 4 nitrogen and oxygen atoms in total. The third-order valence-corrected chi connectivity index (χ3v) is 5.78. The topological polar surface area (TPSA) is 26.1 Å². The van der Waals surface area contributed by atoms with Gasteiger partial charge >= 0.3 is 0 Å². The van der Waals surface area contributed by atoms with E-state index < -0.39 is 0 Å². The Balaban J connectivity index is 2.00. The lowest BCUT2D eigenvalue weighted by Gasteiger charge is -2.10. The molecular formula is C23H27N4+. The van der Waals surface area contributed by atoms with Gasteiger partial charge in [-0.25, -0.2) is 4.98 Å². The average Bonchev–Trinajstić information content (AvgIpc) is 3.06. The van der Waals surface area contributed by atoms with Crippen LogP contribution in [0.1, 0.15) is 28.2 Å². The van der Waals surface area contributed by atoms with Gasteiger partial charge in [0, 0.05) is 30.4 Å². The van der Waals surface area contributed by atoms with E-state index in [0.717, 1.165) is 11.5 Å². The number of benzene rings is 1. The molecule has 0 unspecified atom stereocenters. The molecule has 0 aliphatic rings. The van der Waals surface area contributed by atoms with Crippen molar-refractivity contribution < 1.29 is 4.57 Å². The third kappa shape index (κ3) is 2.51. The van der Waals surface area contributed by atoms with E-state index in [-0.39, 0.29) is 0 Å². The minimum absolute atomic E-state index is 0.995. The summed E-state index contributed by atoms with van der Waals surface area (Å²) in [7, 11) is 4.26. The highest BCUT2D eigenvalue weighted by Crippen LogP contribution is 2.29. The van der Waals surface area contributed by atoms with Gasteiger partial charge in [-0.15, -0.1) is 0 Å². The summed E-state index contributed by atoms with van der Waals surface area (Å²) < 4.78 is 6.76. The Morgan fingerprint density at radius 3 is 2.30 bits per heavy atom. The SMILES string of the molecule is Cc1ccc(C)c(-c2cccc(-c3c(C)n4c(C)c(C)nc4n3C)[n+]2C)c1. The Bertz CT molecular complexity index is 1190. The maximum atomic E-state index is 4.77. The van der Waals surface area contributed by atoms with Crippen molar-refractivity contribution in [3.8, 4) is 22.6 Å². The highest BCUT2D eigenvalue weighted by Gasteiger charge is 2.25. The third-order valence-electron chi connectivity index (χ3n) is 5.78. The summed E-state index contributed by atoms with van der Waals surface area (Å²) in [6.45, 7) is 10.7. The smallest absolute Gasteiger partial charge is 0.231 e. The van der Waals surface area contributed by atoms with Crippen LogP contribution in [-0.2, 0) is 14.1 Å². The standard InChI is InChI=1S/C23H27N4/c1-14-11-12-15(2)19(13-14)20-9-8-10-21(25(20)6)22-18(5)27-17(4)16(3)24-23(27)26(22)7/h8-13H,1-7H3/q+1. The zero-order chi connectivity index (χ0) is 19.5. The number of nitrogens with zero attached hydrogens (tertiary/aromatic N) is 4. The maximum Gasteiger partial charge on any atom is 0.231 e. The van der Waals surface area contributed by atoms with Crippen LogP contribution in [0.5, 0.6) is 0 Å². The molecule has 0 amide bonds. The van der Waals surface area contributed by atoms with Gasteiger partial charge in [-0.05, 0) is 52.3 Å². The van der Waals surface area contributed by atoms with Gasteiger partial charge in [0.1, 0.15) is 12.7 Å². The van der Waals surface area contributed by atoms with Gasteiger partial charge in [-0.2, -0.15) is 4.57 Å². The molecule has 0 aliphatic carbocycles. The Morgan fingerprint density at radius 1 is 0.889 bits per heavy atom. The molecule has 0 radical (unpaired) electrons. The maximum absolute atomic E-state index is 4.77. The van der Waals surface area contributed by atoms with Crippen molar-refractivity contribution in [3.63, 3.8) is 0 Å². The van der Waals surface area contributed by atoms with Crippen LogP contribution in [0.25, 0.3) is 28.4 Å². The number of fused-ring (bicyclic) bond motifs is 1. The summed E-state index contributed by atoms with van der Waals surface area (Å²) in [5, 5.41) is 0. The number of rotatable bonds is 2. The number of aromatic nitrogens is 4. The fourth-order valence-corrected chi connectivity index (χ4v) is 4.13. The summed E-state index contributed by atoms with van der Waals surface area (Å²) in [5.41, 5.74) is 11.0. The molecule has 0 N–H and O–H groups in total. The van der Waals surface area contributed by atoms with Gasteiger partial charge < -0.3 is 4.57 Å². The second-order valence-corrected chi connectivity index (χ2v) is 7.58. The molecule has 27 heavy (non-hydrogen) atoms. The van der Waals surface area contributed by atoms with Gasteiger partial charge in [0.05, 0.1) is 11.4 Å². The predicted molar refractivity (Wildman–Crippen MR) is 110 cm³/mol. The van der Waals surface area contributed by atoms with Crippen LogP contribution in [0.3, 0.4) is 0 Å². The quantitative estimate of drug-likeness (QED) is 0.488. The van der Waals surface area contributed by atoms with Crippen molar-refractivity contribution in [3.05, 3.63) is 64.6 Å². The second kappa shape index (κ2) is 6.08. The zero-order valence-corrected chi connectivity index (χ0v) is 17.3. The first-order valence-electron chi connectivity index (χ1n) is 9.39. The fourth-order valence-electron chi connectivity index (χ4n) is 4.13. The Labute approximate surface area is 160 Å². The summed E-state index contributed by atoms with van der Waals surface area (Å²) in [5.74, 6) is 0.995. The molecule has 0 spiro atoms. The van der Waals surface area contributed by atoms with E-state index in [9.17, 15) is 0 Å². The summed E-state index contributed by atoms with van der Waals surface area (Å²) in [6.07, 6.45) is 0. The molecule has 0 bridgehead atoms. The van der Waals surface area contributed by atoms with E-state index in [2.05, 4.69) is 98.6 Å². The van der Waals surface area contributed by atoms with Crippen molar-refractivity contribution >= 4 is 5.78 Å². The number of imidazole rings is 2. The lowest BCUT2D eigenvalue weighted by molar-refractivity contribution is -0.649. The molecule has 0 aliphatic heterocycles. The van der Waals surface area contributed by atoms with Crippen molar-refractivity contribution in [2.75, 3.05) is 0 Å². The second-order valence-electron chi connectivity index (χ2n) is 7.58. The lowest BCUT2D eigenvalue weighted by Crippen LogP contribution is -2.34. The molecule has 138 valence electrons. The summed E-state index contributed by atoms with van der Waals surface area (Å²) in [4.78, 5) is 4.77. The van der Waals surface area contributed by atoms with Gasteiger partial charge in [0.25, 0.3) is 0 Å². The molecule has 0 atom stereocenters. The molecule has 3 aromatic heterocycles. The van der Waals surface area contributed by atoms with E-state index in [1.807, 2.05) is 0 Å². The number of hydrogen-bond acceptors (Lipinski definition) is 1. The monoisotopic (exact) mass is 359 g/mol. The van der Waals surface area contributed by atoms with E-state index in [1.54, 1.807) is 0 Å². The number of aryl methyl sites for hydroxylation is 6. The van der Waals surface area contributed by atoms with Crippen LogP contribution in [0.15, 0.2) is 36.4 Å². The minimum atomic E-state index is 0.995. The highest BCUT2D eigenvalue weighted by atomic mass is 15.2. The fraction of sp³-hybridized carbons (Fsp3) is 0.304. The minimum Gasteiger partial charge on any atom is -0.308 e. The Kier molecular flexibility index (Phi) is 3.95. The molecule has 3 heterocycles. The largest absolute Gasteiger partial charge is 0.308 e. The van der Waals surface area contributed by atoms with Crippen LogP contribution < -0.4 is 4.57 Å². The highest BCUT2D eigenvalue weighted by molar-refractivity contribution is 5.66. The van der Waals surface area contributed by atoms with Crippen LogP contribution in [0.2, 0.25) is 0 Å². The average molecular weight is 359 g/mol. The van der Waals surface area contributed by atoms with Crippen LogP contribution in [0, 0.1) is 34.6 Å². The molecular weight excluding hydrogens is 332 g/mol. The first-order valence-corrected chi connectivity index (χ1v) is 9.39. The van der Waals surface area contributed by atoms with Crippen molar-refractivity contribution in [1.29, 1.82) is 0 Å². The molecule has 4 rings (SSSR count). The molecule has 4 heteroatoms. The molecule has 1 aromatic carbocycles. The normalized spacial score (nSPS) is 11.5. The Morgan fingerprint density at radius 2 is 1.59 bits per heavy atom. The molecule has 0 fully saturated rings. The van der Waals surface area contributed by atoms with Gasteiger partial charge in [-0.1, -0.05) is 17.7 Å². The van der Waals surface area contributed by atoms with Gasteiger partial charge in [0.2, 0.25) is 17.2 Å². The first-order chi connectivity index (χ1) is 12.8. The van der Waals surface area contributed by atoms with E-state index in [0.29, 0.717) is 0 Å². The number of hydrogen-bond donors (Lipinski definition) is 0. The van der Waals surface area contributed by atoms with Crippen molar-refractivity contribution in [1.82, 2.24) is 14.0 Å². The first kappa shape index (κ1) is 17.5. The Hall–Kier alpha value is -2.88. The van der Waals surface area contributed by atoms with E-state index >= 15 is 0 Å². The summed E-state index contributed by atoms with van der Waals surface area (Å²) >= 11 is 0. The van der Waals surface area contributed by atoms with Gasteiger partial charge in [0.15, 0.2) is 0 Å². The molecule has 4 aromatic rings. The van der Waals surface area contributed by atoms with E-state index in [1.165, 1.54) is 45.2 Å². The molecule has 0 saturated carbocycles. The van der Waals surface area contributed by atoms with E-state index in [4.69, 9.17) is 4.98 Å². The van der Waals surface area contributed by atoms with Crippen LogP contribution >= 0.6 is 0 Å². The summed E-state index contributed by atoms with van der Waals surface area (Å²) in [6, 6.07) is 13.2. The van der Waals surface area contributed by atoms with Crippen LogP contribution in [0.4, 0.5) is 0 Å². The lowest BCUT2D eigenvalue weighted by atomic mass is 10.0. The van der Waals surface area contributed by atoms with Crippen molar-refractivity contribution in [2.24, 2.45) is 14.1 Å². The van der Waals surface area contributed by atoms with Crippen molar-refractivity contribution in [2.45, 2.75) is 34.6 Å². The predicted octanol–water partition coefficient (Wildman–Crippen LogP) is 4.37. The zero-order valence-electron chi connectivity index (χ0n) is 17.3. The number of pyridine rings is 1.